The molecule has 0 saturated heterocycles. The van der Waals surface area contributed by atoms with Gasteiger partial charge in [0.15, 0.2) is 5.34 Å². The molecule has 4 heteroatoms. The second kappa shape index (κ2) is 4.45. The summed E-state index contributed by atoms with van der Waals surface area (Å²) in [7, 11) is 0. The Labute approximate surface area is 76.6 Å². The molecule has 1 aromatic carbocycles. The number of rotatable bonds is 4. The zero-order valence-electron chi connectivity index (χ0n) is 7.49. The molecule has 0 aliphatic rings. The maximum absolute atomic E-state index is 9.62. The minimum absolute atomic E-state index is 0.312. The number of aryl methyl sites for hydroxylation is 1. The van der Waals surface area contributed by atoms with Gasteiger partial charge in [0.25, 0.3) is 0 Å². The van der Waals surface area contributed by atoms with Gasteiger partial charge in [-0.15, -0.1) is 4.91 Å². The molecule has 1 rings (SSSR count). The summed E-state index contributed by atoms with van der Waals surface area (Å²) in [6, 6.07) is 5.74. The normalized spacial score (nSPS) is 9.62. The van der Waals surface area contributed by atoms with E-state index in [0.717, 1.165) is 16.8 Å². The molecule has 0 aromatic heterocycles. The monoisotopic (exact) mass is 180 g/mol. The number of anilines is 1. The van der Waals surface area contributed by atoms with Gasteiger partial charge in [-0.05, 0) is 24.1 Å². The molecule has 0 unspecified atom stereocenters. The molecule has 0 fully saturated rings. The van der Waals surface area contributed by atoms with E-state index in [1.807, 2.05) is 25.1 Å². The smallest absolute Gasteiger partial charge is 0.155 e. The molecular weight excluding hydrogens is 168 g/mol. The molecule has 0 saturated carbocycles. The summed E-state index contributed by atoms with van der Waals surface area (Å²) >= 11 is 0. The highest BCUT2D eigenvalue weighted by atomic mass is 16.7. The van der Waals surface area contributed by atoms with E-state index in [1.165, 1.54) is 0 Å². The topological polar surface area (TPSA) is 64.7 Å². The third kappa shape index (κ3) is 2.74. The predicted octanol–water partition coefficient (Wildman–Crippen LogP) is 1.82. The lowest BCUT2D eigenvalue weighted by Crippen LogP contribution is -1.96. The third-order valence-electron chi connectivity index (χ3n) is 1.87. The first-order valence-electron chi connectivity index (χ1n) is 4.03. The van der Waals surface area contributed by atoms with Crippen molar-refractivity contribution in [3.05, 3.63) is 34.2 Å². The quantitative estimate of drug-likeness (QED) is 0.332. The van der Waals surface area contributed by atoms with Crippen LogP contribution in [0.15, 0.2) is 23.5 Å². The summed E-state index contributed by atoms with van der Waals surface area (Å²) in [6.07, 6.45) is 0.673. The Balaban J connectivity index is 2.57. The van der Waals surface area contributed by atoms with E-state index in [-0.39, 0.29) is 0 Å². The second-order valence-corrected chi connectivity index (χ2v) is 2.85. The van der Waals surface area contributed by atoms with Crippen LogP contribution in [0.2, 0.25) is 0 Å². The van der Waals surface area contributed by atoms with Crippen molar-refractivity contribution in [1.29, 1.82) is 0 Å². The van der Waals surface area contributed by atoms with Crippen LogP contribution in [-0.2, 0) is 11.3 Å². The van der Waals surface area contributed by atoms with Crippen molar-refractivity contribution in [3.8, 4) is 0 Å². The highest BCUT2D eigenvalue weighted by molar-refractivity contribution is 5.47. The van der Waals surface area contributed by atoms with Crippen molar-refractivity contribution in [1.82, 2.24) is 0 Å². The molecule has 70 valence electrons. The van der Waals surface area contributed by atoms with Crippen molar-refractivity contribution in [3.63, 3.8) is 0 Å². The van der Waals surface area contributed by atoms with Crippen molar-refractivity contribution < 1.29 is 4.84 Å². The first-order chi connectivity index (χ1) is 6.24. The fourth-order valence-electron chi connectivity index (χ4n) is 1.09. The van der Waals surface area contributed by atoms with Gasteiger partial charge in [0.2, 0.25) is 0 Å². The van der Waals surface area contributed by atoms with Gasteiger partial charge in [-0.25, -0.2) is 0 Å². The Bertz CT molecular complexity index is 300. The fraction of sp³-hybridized carbons (Fsp3) is 0.333. The van der Waals surface area contributed by atoms with Crippen molar-refractivity contribution in [2.45, 2.75) is 13.3 Å². The number of benzene rings is 1. The van der Waals surface area contributed by atoms with Crippen molar-refractivity contribution in [2.75, 3.05) is 12.3 Å². The standard InChI is InChI=1S/C9H12N2O2/c1-7-6-8(2-3-9(7)10)4-5-13-11-12/h2-3,6H,4-5,10H2,1H3. The summed E-state index contributed by atoms with van der Waals surface area (Å²) in [4.78, 5) is 14.0. The summed E-state index contributed by atoms with van der Waals surface area (Å²) in [5, 5.41) is 2.32. The van der Waals surface area contributed by atoms with Crippen LogP contribution in [0, 0.1) is 11.8 Å². The first kappa shape index (κ1) is 9.51. The number of hydrogen-bond donors (Lipinski definition) is 1. The Morgan fingerprint density at radius 3 is 2.92 bits per heavy atom. The van der Waals surface area contributed by atoms with Gasteiger partial charge in [-0.1, -0.05) is 12.1 Å². The molecular formula is C9H12N2O2. The molecule has 1 aromatic rings. The lowest BCUT2D eigenvalue weighted by Gasteiger charge is -2.03. The minimum atomic E-state index is 0.312. The van der Waals surface area contributed by atoms with Crippen LogP contribution in [-0.4, -0.2) is 6.61 Å². The zero-order chi connectivity index (χ0) is 9.68. The van der Waals surface area contributed by atoms with E-state index in [9.17, 15) is 4.91 Å². The molecule has 13 heavy (non-hydrogen) atoms. The molecule has 0 amide bonds. The van der Waals surface area contributed by atoms with Gasteiger partial charge >= 0.3 is 0 Å². The number of hydrogen-bond acceptors (Lipinski definition) is 4. The molecule has 0 aliphatic heterocycles. The lowest BCUT2D eigenvalue weighted by molar-refractivity contribution is 0.143. The third-order valence-corrected chi connectivity index (χ3v) is 1.87. The maximum atomic E-state index is 9.62. The van der Waals surface area contributed by atoms with Crippen LogP contribution < -0.4 is 5.73 Å². The van der Waals surface area contributed by atoms with Gasteiger partial charge in [0.1, 0.15) is 6.61 Å². The van der Waals surface area contributed by atoms with E-state index in [4.69, 9.17) is 5.73 Å². The van der Waals surface area contributed by atoms with Gasteiger partial charge in [0.05, 0.1) is 0 Å². The maximum Gasteiger partial charge on any atom is 0.155 e. The first-order valence-corrected chi connectivity index (χ1v) is 4.03. The second-order valence-electron chi connectivity index (χ2n) is 2.85. The largest absolute Gasteiger partial charge is 0.399 e. The van der Waals surface area contributed by atoms with Gasteiger partial charge in [-0.2, -0.15) is 0 Å². The van der Waals surface area contributed by atoms with Crippen molar-refractivity contribution >= 4 is 5.69 Å². The highest BCUT2D eigenvalue weighted by Gasteiger charge is 1.97. The molecule has 0 aliphatic carbocycles. The van der Waals surface area contributed by atoms with Gasteiger partial charge in [-0.3, -0.25) is 0 Å². The van der Waals surface area contributed by atoms with Crippen molar-refractivity contribution in [2.24, 2.45) is 5.34 Å². The molecule has 0 spiro atoms. The average molecular weight is 180 g/mol. The Hall–Kier alpha value is -1.58. The summed E-state index contributed by atoms with van der Waals surface area (Å²) in [5.74, 6) is 0. The Morgan fingerprint density at radius 2 is 2.31 bits per heavy atom. The van der Waals surface area contributed by atoms with Crippen LogP contribution in [0.4, 0.5) is 5.69 Å². The molecule has 0 atom stereocenters. The zero-order valence-corrected chi connectivity index (χ0v) is 7.49. The fourth-order valence-corrected chi connectivity index (χ4v) is 1.09. The molecule has 0 bridgehead atoms. The van der Waals surface area contributed by atoms with Crippen LogP contribution in [0.5, 0.6) is 0 Å². The minimum Gasteiger partial charge on any atom is -0.399 e. The van der Waals surface area contributed by atoms with Gasteiger partial charge in [0, 0.05) is 12.1 Å². The molecule has 0 heterocycles. The van der Waals surface area contributed by atoms with E-state index in [1.54, 1.807) is 0 Å². The van der Waals surface area contributed by atoms with E-state index in [2.05, 4.69) is 10.2 Å². The number of nitrogens with zero attached hydrogens (tertiary/aromatic N) is 1. The average Bonchev–Trinajstić information content (AvgIpc) is 2.12. The summed E-state index contributed by atoms with van der Waals surface area (Å²) in [5.41, 5.74) is 8.55. The highest BCUT2D eigenvalue weighted by Crippen LogP contribution is 2.12. The van der Waals surface area contributed by atoms with E-state index < -0.39 is 0 Å². The number of nitrogens with two attached hydrogens (primary N) is 1. The van der Waals surface area contributed by atoms with Crippen LogP contribution >= 0.6 is 0 Å². The molecule has 0 radical (unpaired) electrons. The Kier molecular flexibility index (Phi) is 3.25. The Morgan fingerprint density at radius 1 is 1.54 bits per heavy atom. The van der Waals surface area contributed by atoms with E-state index >= 15 is 0 Å². The predicted molar refractivity (Wildman–Crippen MR) is 51.0 cm³/mol. The van der Waals surface area contributed by atoms with Crippen LogP contribution in [0.25, 0.3) is 0 Å². The molecule has 4 nitrogen and oxygen atoms in total. The van der Waals surface area contributed by atoms with Gasteiger partial charge < -0.3 is 10.6 Å². The van der Waals surface area contributed by atoms with E-state index in [0.29, 0.717) is 13.0 Å². The molecule has 2 N–H and O–H groups in total. The summed E-state index contributed by atoms with van der Waals surface area (Å²) < 4.78 is 0. The van der Waals surface area contributed by atoms with Crippen LogP contribution in [0.3, 0.4) is 0 Å². The SMILES string of the molecule is Cc1cc(CCON=O)ccc1N. The lowest BCUT2D eigenvalue weighted by atomic mass is 10.1. The van der Waals surface area contributed by atoms with Crippen LogP contribution in [0.1, 0.15) is 11.1 Å². The summed E-state index contributed by atoms with van der Waals surface area (Å²) in [6.45, 7) is 2.25. The number of nitrogen functional groups attached to an aromatic ring is 1.